The number of carbonyl (C=O) groups excluding carboxylic acids is 1. The van der Waals surface area contributed by atoms with E-state index in [1.54, 1.807) is 18.7 Å². The van der Waals surface area contributed by atoms with Crippen molar-refractivity contribution < 1.29 is 14.7 Å². The molecule has 0 saturated carbocycles. The Labute approximate surface area is 87.6 Å². The first kappa shape index (κ1) is 13.1. The molecule has 0 aliphatic rings. The molecule has 0 fully saturated rings. The summed E-state index contributed by atoms with van der Waals surface area (Å²) >= 11 is 1.62. The lowest BCUT2D eigenvalue weighted by Crippen LogP contribution is -2.46. The quantitative estimate of drug-likeness (QED) is 0.570. The van der Waals surface area contributed by atoms with Crippen LogP contribution < -0.4 is 10.6 Å². The molecule has 6 heteroatoms. The molecule has 0 aliphatic heterocycles. The Balaban J connectivity index is 3.74. The highest BCUT2D eigenvalue weighted by Gasteiger charge is 2.16. The Bertz CT molecular complexity index is 199. The van der Waals surface area contributed by atoms with Gasteiger partial charge in [-0.2, -0.15) is 11.8 Å². The van der Waals surface area contributed by atoms with Crippen molar-refractivity contribution in [3.63, 3.8) is 0 Å². The topological polar surface area (TPSA) is 78.4 Å². The molecule has 0 bridgehead atoms. The van der Waals surface area contributed by atoms with Gasteiger partial charge < -0.3 is 15.7 Å². The van der Waals surface area contributed by atoms with Crippen LogP contribution in [0.5, 0.6) is 0 Å². The van der Waals surface area contributed by atoms with E-state index in [-0.39, 0.29) is 0 Å². The normalized spacial score (nSPS) is 11.9. The van der Waals surface area contributed by atoms with Gasteiger partial charge in [0.2, 0.25) is 0 Å². The molecule has 82 valence electrons. The zero-order chi connectivity index (χ0) is 11.0. The van der Waals surface area contributed by atoms with Crippen LogP contribution in [0.15, 0.2) is 0 Å². The summed E-state index contributed by atoms with van der Waals surface area (Å²) in [5, 5.41) is 13.6. The van der Waals surface area contributed by atoms with E-state index < -0.39 is 18.0 Å². The number of carboxylic acids is 1. The Morgan fingerprint density at radius 3 is 2.57 bits per heavy atom. The fourth-order valence-corrected chi connectivity index (χ4v) is 1.12. The van der Waals surface area contributed by atoms with Crippen molar-refractivity contribution in [1.82, 2.24) is 10.6 Å². The molecule has 0 aromatic carbocycles. The Morgan fingerprint density at radius 1 is 1.50 bits per heavy atom. The van der Waals surface area contributed by atoms with Gasteiger partial charge in [-0.05, 0) is 12.7 Å². The van der Waals surface area contributed by atoms with Crippen LogP contribution in [0, 0.1) is 0 Å². The van der Waals surface area contributed by atoms with Crippen LogP contribution in [-0.4, -0.2) is 41.7 Å². The van der Waals surface area contributed by atoms with Gasteiger partial charge >= 0.3 is 12.0 Å². The fraction of sp³-hybridized carbons (Fsp3) is 0.750. The lowest BCUT2D eigenvalue weighted by molar-refractivity contribution is -0.139. The van der Waals surface area contributed by atoms with Gasteiger partial charge in [0.1, 0.15) is 6.04 Å². The zero-order valence-corrected chi connectivity index (χ0v) is 9.19. The summed E-state index contributed by atoms with van der Waals surface area (Å²) in [6.45, 7) is 2.25. The van der Waals surface area contributed by atoms with E-state index in [2.05, 4.69) is 10.6 Å². The third kappa shape index (κ3) is 5.69. The van der Waals surface area contributed by atoms with Crippen LogP contribution in [0.25, 0.3) is 0 Å². The molecule has 0 aromatic heterocycles. The highest BCUT2D eigenvalue weighted by Crippen LogP contribution is 1.91. The SMILES string of the molecule is CC[C@H](NC(=O)NCCSC)C(=O)O. The summed E-state index contributed by atoms with van der Waals surface area (Å²) in [6.07, 6.45) is 2.32. The lowest BCUT2D eigenvalue weighted by Gasteiger charge is -2.12. The number of amides is 2. The highest BCUT2D eigenvalue weighted by molar-refractivity contribution is 7.98. The van der Waals surface area contributed by atoms with Crippen LogP contribution >= 0.6 is 11.8 Å². The van der Waals surface area contributed by atoms with Gasteiger partial charge in [-0.1, -0.05) is 6.92 Å². The number of carbonyl (C=O) groups is 2. The van der Waals surface area contributed by atoms with Crippen molar-refractivity contribution in [2.45, 2.75) is 19.4 Å². The van der Waals surface area contributed by atoms with Gasteiger partial charge in [0.15, 0.2) is 0 Å². The minimum Gasteiger partial charge on any atom is -0.480 e. The van der Waals surface area contributed by atoms with Crippen molar-refractivity contribution in [1.29, 1.82) is 0 Å². The van der Waals surface area contributed by atoms with E-state index in [9.17, 15) is 9.59 Å². The number of urea groups is 1. The van der Waals surface area contributed by atoms with E-state index in [1.165, 1.54) is 0 Å². The van der Waals surface area contributed by atoms with Crippen LogP contribution in [0.2, 0.25) is 0 Å². The van der Waals surface area contributed by atoms with Crippen molar-refractivity contribution in [2.24, 2.45) is 0 Å². The molecule has 0 spiro atoms. The molecule has 0 aromatic rings. The summed E-state index contributed by atoms with van der Waals surface area (Å²) in [7, 11) is 0. The maximum absolute atomic E-state index is 11.1. The van der Waals surface area contributed by atoms with Crippen LogP contribution in [0.1, 0.15) is 13.3 Å². The highest BCUT2D eigenvalue weighted by atomic mass is 32.2. The summed E-state index contributed by atoms with van der Waals surface area (Å²) in [5.41, 5.74) is 0. The third-order valence-electron chi connectivity index (χ3n) is 1.60. The first-order chi connectivity index (χ1) is 6.61. The Kier molecular flexibility index (Phi) is 7.00. The summed E-state index contributed by atoms with van der Waals surface area (Å²) in [4.78, 5) is 21.6. The van der Waals surface area contributed by atoms with Gasteiger partial charge in [-0.3, -0.25) is 0 Å². The van der Waals surface area contributed by atoms with E-state index in [0.717, 1.165) is 5.75 Å². The summed E-state index contributed by atoms with van der Waals surface area (Å²) in [6, 6.07) is -1.22. The standard InChI is InChI=1S/C8H16N2O3S/c1-3-6(7(11)12)10-8(13)9-4-5-14-2/h6H,3-5H2,1-2H3,(H,11,12)(H2,9,10,13)/t6-/m0/s1. The second-order valence-electron chi connectivity index (χ2n) is 2.69. The third-order valence-corrected chi connectivity index (χ3v) is 2.22. The van der Waals surface area contributed by atoms with E-state index in [1.807, 2.05) is 6.26 Å². The smallest absolute Gasteiger partial charge is 0.326 e. The number of hydrogen-bond acceptors (Lipinski definition) is 3. The van der Waals surface area contributed by atoms with Crippen LogP contribution in [0.4, 0.5) is 4.79 Å². The average molecular weight is 220 g/mol. The number of nitrogens with one attached hydrogen (secondary N) is 2. The number of thioether (sulfide) groups is 1. The second-order valence-corrected chi connectivity index (χ2v) is 3.68. The Morgan fingerprint density at radius 2 is 2.14 bits per heavy atom. The van der Waals surface area contributed by atoms with E-state index in [4.69, 9.17) is 5.11 Å². The summed E-state index contributed by atoms with van der Waals surface area (Å²) in [5.74, 6) is -0.190. The molecule has 0 rings (SSSR count). The predicted molar refractivity (Wildman–Crippen MR) is 56.6 cm³/mol. The van der Waals surface area contributed by atoms with Gasteiger partial charge in [-0.25, -0.2) is 9.59 Å². The minimum absolute atomic E-state index is 0.380. The molecule has 2 amide bonds. The van der Waals surface area contributed by atoms with E-state index >= 15 is 0 Å². The maximum Gasteiger partial charge on any atom is 0.326 e. The van der Waals surface area contributed by atoms with Crippen molar-refractivity contribution in [2.75, 3.05) is 18.6 Å². The molecular weight excluding hydrogens is 204 g/mol. The second kappa shape index (κ2) is 7.49. The number of hydrogen-bond donors (Lipinski definition) is 3. The molecule has 3 N–H and O–H groups in total. The lowest BCUT2D eigenvalue weighted by atomic mass is 10.2. The van der Waals surface area contributed by atoms with Crippen LogP contribution in [0.3, 0.4) is 0 Å². The monoisotopic (exact) mass is 220 g/mol. The molecule has 0 heterocycles. The summed E-state index contributed by atoms with van der Waals surface area (Å²) < 4.78 is 0. The first-order valence-corrected chi connectivity index (χ1v) is 5.77. The number of carboxylic acid groups (broad SMARTS) is 1. The van der Waals surface area contributed by atoms with E-state index in [0.29, 0.717) is 13.0 Å². The van der Waals surface area contributed by atoms with Crippen LogP contribution in [-0.2, 0) is 4.79 Å². The molecule has 14 heavy (non-hydrogen) atoms. The maximum atomic E-state index is 11.1. The molecule has 0 radical (unpaired) electrons. The molecule has 0 saturated heterocycles. The first-order valence-electron chi connectivity index (χ1n) is 4.38. The van der Waals surface area contributed by atoms with Crippen molar-refractivity contribution in [3.8, 4) is 0 Å². The number of rotatable bonds is 6. The average Bonchev–Trinajstić information content (AvgIpc) is 2.14. The van der Waals surface area contributed by atoms with Gasteiger partial charge in [-0.15, -0.1) is 0 Å². The van der Waals surface area contributed by atoms with Gasteiger partial charge in [0.05, 0.1) is 0 Å². The minimum atomic E-state index is -1.01. The molecule has 5 nitrogen and oxygen atoms in total. The number of aliphatic carboxylic acids is 1. The fourth-order valence-electron chi connectivity index (χ4n) is 0.814. The van der Waals surface area contributed by atoms with Gasteiger partial charge in [0, 0.05) is 12.3 Å². The Hall–Kier alpha value is -0.910. The predicted octanol–water partition coefficient (Wildman–Crippen LogP) is 0.512. The van der Waals surface area contributed by atoms with Gasteiger partial charge in [0.25, 0.3) is 0 Å². The molecule has 0 unspecified atom stereocenters. The molecule has 1 atom stereocenters. The zero-order valence-electron chi connectivity index (χ0n) is 8.37. The van der Waals surface area contributed by atoms with Crippen molar-refractivity contribution in [3.05, 3.63) is 0 Å². The molecular formula is C8H16N2O3S. The largest absolute Gasteiger partial charge is 0.480 e. The van der Waals surface area contributed by atoms with Crippen molar-refractivity contribution >= 4 is 23.8 Å². The molecule has 0 aliphatic carbocycles.